The molecule has 1 N–H and O–H groups in total. The second-order valence-electron chi connectivity index (χ2n) is 6.01. The van der Waals surface area contributed by atoms with E-state index in [1.165, 1.54) is 13.1 Å². The molecule has 2 rings (SSSR count). The first-order valence-corrected chi connectivity index (χ1v) is 7.87. The van der Waals surface area contributed by atoms with Crippen LogP contribution in [0, 0.1) is 5.82 Å². The monoisotopic (exact) mass is 363 g/mol. The number of hydrogen-bond donors (Lipinski definition) is 1. The maximum absolute atomic E-state index is 14.0. The number of halogens is 4. The third-order valence-corrected chi connectivity index (χ3v) is 4.18. The van der Waals surface area contributed by atoms with Crippen LogP contribution in [-0.2, 0) is 4.79 Å². The van der Waals surface area contributed by atoms with E-state index in [0.717, 1.165) is 38.3 Å². The number of alkyl halides is 3. The zero-order valence-electron chi connectivity index (χ0n) is 14.1. The number of piperazine rings is 1. The zero-order valence-corrected chi connectivity index (χ0v) is 14.1. The quantitative estimate of drug-likeness (QED) is 0.811. The number of hydrogen-bond acceptors (Lipinski definition) is 4. The molecule has 1 aromatic rings. The molecular weight excluding hydrogens is 342 g/mol. The SMILES string of the molecule is CNC(=O)[C@H](CN1CCN(C)CC1)c1ccc(OC(F)(F)F)c(F)c1. The van der Waals surface area contributed by atoms with Gasteiger partial charge in [0.1, 0.15) is 0 Å². The van der Waals surface area contributed by atoms with E-state index < -0.39 is 23.8 Å². The van der Waals surface area contributed by atoms with Crippen molar-refractivity contribution in [1.29, 1.82) is 0 Å². The second-order valence-corrected chi connectivity index (χ2v) is 6.01. The molecule has 0 aromatic heterocycles. The van der Waals surface area contributed by atoms with E-state index in [0.29, 0.717) is 12.1 Å². The number of carbonyl (C=O) groups excluding carboxylic acids is 1. The van der Waals surface area contributed by atoms with Gasteiger partial charge in [-0.3, -0.25) is 9.69 Å². The molecule has 1 atom stereocenters. The van der Waals surface area contributed by atoms with Gasteiger partial charge in [-0.25, -0.2) is 4.39 Å². The third-order valence-electron chi connectivity index (χ3n) is 4.18. The molecular formula is C16H21F4N3O2. The number of rotatable bonds is 5. The van der Waals surface area contributed by atoms with Crippen molar-refractivity contribution in [2.75, 3.05) is 46.8 Å². The van der Waals surface area contributed by atoms with E-state index in [1.807, 2.05) is 7.05 Å². The topological polar surface area (TPSA) is 44.8 Å². The molecule has 0 saturated carbocycles. The zero-order chi connectivity index (χ0) is 18.6. The Morgan fingerprint density at radius 1 is 1.28 bits per heavy atom. The van der Waals surface area contributed by atoms with Crippen LogP contribution in [0.25, 0.3) is 0 Å². The lowest BCUT2D eigenvalue weighted by Gasteiger charge is -2.34. The minimum absolute atomic E-state index is 0.310. The summed E-state index contributed by atoms with van der Waals surface area (Å²) in [5.41, 5.74) is 0.310. The first-order valence-electron chi connectivity index (χ1n) is 7.87. The van der Waals surface area contributed by atoms with Gasteiger partial charge in [-0.1, -0.05) is 6.07 Å². The van der Waals surface area contributed by atoms with Gasteiger partial charge < -0.3 is 15.0 Å². The van der Waals surface area contributed by atoms with Crippen LogP contribution < -0.4 is 10.1 Å². The fraction of sp³-hybridized carbons (Fsp3) is 0.562. The van der Waals surface area contributed by atoms with E-state index in [1.54, 1.807) is 0 Å². The van der Waals surface area contributed by atoms with Gasteiger partial charge in [-0.2, -0.15) is 0 Å². The van der Waals surface area contributed by atoms with Crippen LogP contribution in [0.5, 0.6) is 5.75 Å². The molecule has 1 amide bonds. The third kappa shape index (κ3) is 5.57. The van der Waals surface area contributed by atoms with E-state index in [2.05, 4.69) is 19.9 Å². The summed E-state index contributed by atoms with van der Waals surface area (Å²) in [5.74, 6) is -3.06. The molecule has 9 heteroatoms. The van der Waals surface area contributed by atoms with Crippen molar-refractivity contribution < 1.29 is 27.1 Å². The molecule has 1 aromatic carbocycles. The normalized spacial score (nSPS) is 18.0. The molecule has 25 heavy (non-hydrogen) atoms. The van der Waals surface area contributed by atoms with E-state index >= 15 is 0 Å². The van der Waals surface area contributed by atoms with Crippen molar-refractivity contribution in [3.05, 3.63) is 29.6 Å². The molecule has 1 heterocycles. The number of nitrogens with zero attached hydrogens (tertiary/aromatic N) is 2. The van der Waals surface area contributed by atoms with E-state index in [4.69, 9.17) is 0 Å². The summed E-state index contributed by atoms with van der Waals surface area (Å²) in [5, 5.41) is 2.52. The van der Waals surface area contributed by atoms with Gasteiger partial charge in [0.2, 0.25) is 5.91 Å². The van der Waals surface area contributed by atoms with Crippen LogP contribution in [0.4, 0.5) is 17.6 Å². The van der Waals surface area contributed by atoms with Gasteiger partial charge in [0.05, 0.1) is 5.92 Å². The largest absolute Gasteiger partial charge is 0.573 e. The average Bonchev–Trinajstić information content (AvgIpc) is 2.54. The minimum Gasteiger partial charge on any atom is -0.403 e. The summed E-state index contributed by atoms with van der Waals surface area (Å²) in [7, 11) is 3.47. The maximum atomic E-state index is 14.0. The Morgan fingerprint density at radius 2 is 1.92 bits per heavy atom. The van der Waals surface area contributed by atoms with Gasteiger partial charge in [-0.05, 0) is 24.7 Å². The highest BCUT2D eigenvalue weighted by Crippen LogP contribution is 2.29. The summed E-state index contributed by atoms with van der Waals surface area (Å²) >= 11 is 0. The molecule has 0 spiro atoms. The smallest absolute Gasteiger partial charge is 0.403 e. The summed E-state index contributed by atoms with van der Waals surface area (Å²) < 4.78 is 54.3. The van der Waals surface area contributed by atoms with Gasteiger partial charge in [0.15, 0.2) is 11.6 Å². The van der Waals surface area contributed by atoms with Crippen LogP contribution in [0.1, 0.15) is 11.5 Å². The molecule has 0 unspecified atom stereocenters. The Bertz CT molecular complexity index is 602. The van der Waals surface area contributed by atoms with Crippen molar-refractivity contribution in [1.82, 2.24) is 15.1 Å². The van der Waals surface area contributed by atoms with Gasteiger partial charge in [0, 0.05) is 39.8 Å². The molecule has 140 valence electrons. The van der Waals surface area contributed by atoms with Crippen molar-refractivity contribution in [3.8, 4) is 5.75 Å². The predicted octanol–water partition coefficient (Wildman–Crippen LogP) is 1.80. The van der Waals surface area contributed by atoms with Gasteiger partial charge in [0.25, 0.3) is 0 Å². The van der Waals surface area contributed by atoms with Crippen molar-refractivity contribution >= 4 is 5.91 Å². The Kier molecular flexibility index (Phi) is 6.23. The highest BCUT2D eigenvalue weighted by atomic mass is 19.4. The maximum Gasteiger partial charge on any atom is 0.573 e. The number of nitrogens with one attached hydrogen (secondary N) is 1. The lowest BCUT2D eigenvalue weighted by atomic mass is 9.96. The van der Waals surface area contributed by atoms with E-state index in [-0.39, 0.29) is 5.91 Å². The molecule has 0 aliphatic carbocycles. The molecule has 1 saturated heterocycles. The van der Waals surface area contributed by atoms with Crippen LogP contribution in [-0.4, -0.2) is 68.9 Å². The fourth-order valence-electron chi connectivity index (χ4n) is 2.74. The molecule has 1 aliphatic heterocycles. The Hall–Kier alpha value is -1.87. The minimum atomic E-state index is -4.97. The van der Waals surface area contributed by atoms with E-state index in [9.17, 15) is 22.4 Å². The standard InChI is InChI=1S/C16H21F4N3O2/c1-21-15(24)12(10-23-7-5-22(2)6-8-23)11-3-4-14(13(17)9-11)25-16(18,19)20/h3-4,9,12H,5-8,10H2,1-2H3,(H,21,24)/t12-/m1/s1. The van der Waals surface area contributed by atoms with Crippen LogP contribution in [0.3, 0.4) is 0 Å². The number of amides is 1. The van der Waals surface area contributed by atoms with Crippen LogP contribution >= 0.6 is 0 Å². The summed E-state index contributed by atoms with van der Waals surface area (Å²) in [4.78, 5) is 16.4. The van der Waals surface area contributed by atoms with Crippen molar-refractivity contribution in [2.45, 2.75) is 12.3 Å². The molecule has 0 bridgehead atoms. The molecule has 5 nitrogen and oxygen atoms in total. The summed E-state index contributed by atoms with van der Waals surface area (Å²) in [6.45, 7) is 3.61. The molecule has 1 aliphatic rings. The number of benzene rings is 1. The second kappa shape index (κ2) is 8.01. The lowest BCUT2D eigenvalue weighted by molar-refractivity contribution is -0.275. The first-order chi connectivity index (χ1) is 11.7. The number of likely N-dealkylation sites (N-methyl/N-ethyl adjacent to an activating group) is 2. The van der Waals surface area contributed by atoms with Gasteiger partial charge in [-0.15, -0.1) is 13.2 Å². The highest BCUT2D eigenvalue weighted by Gasteiger charge is 2.33. The first kappa shape index (κ1) is 19.5. The highest BCUT2D eigenvalue weighted by molar-refractivity contribution is 5.83. The van der Waals surface area contributed by atoms with Crippen LogP contribution in [0.15, 0.2) is 18.2 Å². The number of carbonyl (C=O) groups is 1. The van der Waals surface area contributed by atoms with Gasteiger partial charge >= 0.3 is 6.36 Å². The van der Waals surface area contributed by atoms with Crippen molar-refractivity contribution in [3.63, 3.8) is 0 Å². The lowest BCUT2D eigenvalue weighted by Crippen LogP contribution is -2.47. The van der Waals surface area contributed by atoms with Crippen molar-refractivity contribution in [2.24, 2.45) is 0 Å². The Morgan fingerprint density at radius 3 is 2.44 bits per heavy atom. The Labute approximate surface area is 143 Å². The fourth-order valence-corrected chi connectivity index (χ4v) is 2.74. The number of ether oxygens (including phenoxy) is 1. The summed E-state index contributed by atoms with van der Waals surface area (Å²) in [6.07, 6.45) is -4.97. The summed E-state index contributed by atoms with van der Waals surface area (Å²) in [6, 6.07) is 3.12. The average molecular weight is 363 g/mol. The predicted molar refractivity (Wildman–Crippen MR) is 83.8 cm³/mol. The van der Waals surface area contributed by atoms with Crippen LogP contribution in [0.2, 0.25) is 0 Å². The molecule has 0 radical (unpaired) electrons. The molecule has 1 fully saturated rings. The Balaban J connectivity index is 2.17.